The van der Waals surface area contributed by atoms with Crippen LogP contribution in [0, 0.1) is 5.82 Å². The molecule has 7 nitrogen and oxygen atoms in total. The summed E-state index contributed by atoms with van der Waals surface area (Å²) >= 11 is 0. The summed E-state index contributed by atoms with van der Waals surface area (Å²) in [5, 5.41) is 8.98. The van der Waals surface area contributed by atoms with Crippen molar-refractivity contribution in [1.82, 2.24) is 14.8 Å². The Kier molecular flexibility index (Phi) is 6.32. The summed E-state index contributed by atoms with van der Waals surface area (Å²) in [6.07, 6.45) is 1.14. The van der Waals surface area contributed by atoms with E-state index in [0.29, 0.717) is 19.0 Å². The van der Waals surface area contributed by atoms with Crippen LogP contribution in [0.1, 0.15) is 21.9 Å². The molecule has 0 saturated carbocycles. The smallest absolute Gasteiger partial charge is 0.357 e. The summed E-state index contributed by atoms with van der Waals surface area (Å²) < 4.78 is 24.1. The van der Waals surface area contributed by atoms with E-state index in [1.54, 1.807) is 6.07 Å². The van der Waals surface area contributed by atoms with Gasteiger partial charge >= 0.3 is 5.97 Å². The van der Waals surface area contributed by atoms with Gasteiger partial charge in [-0.3, -0.25) is 9.80 Å². The number of benzene rings is 1. The van der Waals surface area contributed by atoms with Crippen LogP contribution in [-0.2, 0) is 17.8 Å². The van der Waals surface area contributed by atoms with Crippen LogP contribution >= 0.6 is 0 Å². The highest BCUT2D eigenvalue weighted by Gasteiger charge is 2.17. The average molecular weight is 363 g/mol. The molecule has 2 heterocycles. The Morgan fingerprint density at radius 2 is 2.12 bits per heavy atom. The lowest BCUT2D eigenvalue weighted by atomic mass is 10.2. The van der Waals surface area contributed by atoms with Gasteiger partial charge in [0.05, 0.1) is 19.8 Å². The number of halogens is 1. The van der Waals surface area contributed by atoms with E-state index in [4.69, 9.17) is 14.3 Å². The van der Waals surface area contributed by atoms with Crippen molar-refractivity contribution in [2.24, 2.45) is 0 Å². The van der Waals surface area contributed by atoms with Gasteiger partial charge < -0.3 is 14.3 Å². The Bertz CT molecular complexity index is 731. The lowest BCUT2D eigenvalue weighted by Crippen LogP contribution is -2.41. The quantitative estimate of drug-likeness (QED) is 0.767. The molecule has 1 fully saturated rings. The number of aromatic nitrogens is 1. The van der Waals surface area contributed by atoms with Crippen LogP contribution in [0.2, 0.25) is 0 Å². The molecule has 1 aromatic carbocycles. The molecule has 140 valence electrons. The number of hydrogen-bond donors (Lipinski definition) is 1. The number of rotatable bonds is 8. The number of hydrogen-bond acceptors (Lipinski definition) is 6. The maximum atomic E-state index is 13.5. The van der Waals surface area contributed by atoms with Gasteiger partial charge in [-0.15, -0.1) is 0 Å². The van der Waals surface area contributed by atoms with Crippen LogP contribution in [0.4, 0.5) is 4.39 Å². The number of oxazole rings is 1. The summed E-state index contributed by atoms with van der Waals surface area (Å²) in [5.41, 5.74) is 0.732. The van der Waals surface area contributed by atoms with Gasteiger partial charge in [-0.1, -0.05) is 12.1 Å². The lowest BCUT2D eigenvalue weighted by Gasteiger charge is -2.29. The van der Waals surface area contributed by atoms with E-state index in [-0.39, 0.29) is 11.5 Å². The van der Waals surface area contributed by atoms with E-state index >= 15 is 0 Å². The minimum Gasteiger partial charge on any atom is -0.476 e. The van der Waals surface area contributed by atoms with E-state index in [9.17, 15) is 9.18 Å². The fourth-order valence-electron chi connectivity index (χ4n) is 2.89. The van der Waals surface area contributed by atoms with E-state index < -0.39 is 5.97 Å². The number of ether oxygens (including phenoxy) is 1. The highest BCUT2D eigenvalue weighted by atomic mass is 19.1. The standard InChI is InChI=1S/C18H22FN3O4/c19-15-3-1-2-14(10-15)11-22(5-4-21-6-8-25-9-7-21)12-17-20-16(13-26-17)18(23)24/h1-3,10,13H,4-9,11-12H2,(H,23,24). The highest BCUT2D eigenvalue weighted by molar-refractivity contribution is 5.84. The van der Waals surface area contributed by atoms with E-state index in [0.717, 1.165) is 51.2 Å². The van der Waals surface area contributed by atoms with Crippen molar-refractivity contribution in [3.05, 3.63) is 53.5 Å². The zero-order chi connectivity index (χ0) is 18.4. The monoisotopic (exact) mass is 363 g/mol. The summed E-state index contributed by atoms with van der Waals surface area (Å²) in [7, 11) is 0. The van der Waals surface area contributed by atoms with E-state index in [1.807, 2.05) is 6.07 Å². The van der Waals surface area contributed by atoms with Crippen LogP contribution in [0.3, 0.4) is 0 Å². The Balaban J connectivity index is 1.65. The van der Waals surface area contributed by atoms with Crippen molar-refractivity contribution in [2.45, 2.75) is 13.1 Å². The molecular weight excluding hydrogens is 341 g/mol. The van der Waals surface area contributed by atoms with Crippen molar-refractivity contribution in [1.29, 1.82) is 0 Å². The number of carbonyl (C=O) groups is 1. The minimum absolute atomic E-state index is 0.112. The Hall–Kier alpha value is -2.29. The van der Waals surface area contributed by atoms with Crippen molar-refractivity contribution >= 4 is 5.97 Å². The third kappa shape index (κ3) is 5.35. The van der Waals surface area contributed by atoms with Crippen molar-refractivity contribution in [3.8, 4) is 0 Å². The third-order valence-electron chi connectivity index (χ3n) is 4.26. The Morgan fingerprint density at radius 1 is 1.31 bits per heavy atom. The first kappa shape index (κ1) is 18.5. The molecular formula is C18H22FN3O4. The fourth-order valence-corrected chi connectivity index (χ4v) is 2.89. The van der Waals surface area contributed by atoms with Crippen molar-refractivity contribution in [2.75, 3.05) is 39.4 Å². The topological polar surface area (TPSA) is 79.0 Å². The van der Waals surface area contributed by atoms with Crippen molar-refractivity contribution in [3.63, 3.8) is 0 Å². The number of aromatic carboxylic acids is 1. The molecule has 0 radical (unpaired) electrons. The van der Waals surface area contributed by atoms with Gasteiger partial charge in [0.25, 0.3) is 0 Å². The van der Waals surface area contributed by atoms with Crippen LogP contribution in [-0.4, -0.2) is 65.3 Å². The molecule has 1 saturated heterocycles. The first-order valence-electron chi connectivity index (χ1n) is 8.55. The average Bonchev–Trinajstić information content (AvgIpc) is 3.09. The zero-order valence-electron chi connectivity index (χ0n) is 14.4. The van der Waals surface area contributed by atoms with Crippen LogP contribution in [0.15, 0.2) is 34.9 Å². The number of nitrogens with zero attached hydrogens (tertiary/aromatic N) is 3. The van der Waals surface area contributed by atoms with Crippen LogP contribution < -0.4 is 0 Å². The highest BCUT2D eigenvalue weighted by Crippen LogP contribution is 2.12. The minimum atomic E-state index is -1.12. The maximum Gasteiger partial charge on any atom is 0.357 e. The first-order chi connectivity index (χ1) is 12.6. The molecule has 3 rings (SSSR count). The molecule has 0 aliphatic carbocycles. The second kappa shape index (κ2) is 8.88. The number of morpholine rings is 1. The number of carboxylic acid groups (broad SMARTS) is 1. The van der Waals surface area contributed by atoms with E-state index in [1.165, 1.54) is 12.1 Å². The van der Waals surface area contributed by atoms with Crippen molar-refractivity contribution < 1.29 is 23.4 Å². The Labute approximate surface area is 151 Å². The SMILES string of the molecule is O=C(O)c1coc(CN(CCN2CCOCC2)Cc2cccc(F)c2)n1. The maximum absolute atomic E-state index is 13.5. The largest absolute Gasteiger partial charge is 0.476 e. The van der Waals surface area contributed by atoms with Gasteiger partial charge in [-0.2, -0.15) is 0 Å². The number of carboxylic acids is 1. The summed E-state index contributed by atoms with van der Waals surface area (Å²) in [6.45, 7) is 5.66. The molecule has 1 aliphatic heterocycles. The predicted molar refractivity (Wildman–Crippen MR) is 91.2 cm³/mol. The third-order valence-corrected chi connectivity index (χ3v) is 4.26. The molecule has 1 N–H and O–H groups in total. The summed E-state index contributed by atoms with van der Waals surface area (Å²) in [5.74, 6) is -1.06. The molecule has 8 heteroatoms. The fraction of sp³-hybridized carbons (Fsp3) is 0.444. The molecule has 0 unspecified atom stereocenters. The van der Waals surface area contributed by atoms with Gasteiger partial charge in [0.15, 0.2) is 5.69 Å². The summed E-state index contributed by atoms with van der Waals surface area (Å²) in [6, 6.07) is 6.45. The van der Waals surface area contributed by atoms with Gasteiger partial charge in [-0.25, -0.2) is 14.2 Å². The molecule has 1 aliphatic rings. The zero-order valence-corrected chi connectivity index (χ0v) is 14.4. The normalized spacial score (nSPS) is 15.5. The molecule has 26 heavy (non-hydrogen) atoms. The first-order valence-corrected chi connectivity index (χ1v) is 8.55. The second-order valence-electron chi connectivity index (χ2n) is 6.23. The molecule has 0 bridgehead atoms. The summed E-state index contributed by atoms with van der Waals surface area (Å²) in [4.78, 5) is 19.3. The molecule has 0 spiro atoms. The van der Waals surface area contributed by atoms with Crippen LogP contribution in [0.25, 0.3) is 0 Å². The molecule has 0 atom stereocenters. The molecule has 1 aromatic heterocycles. The van der Waals surface area contributed by atoms with E-state index in [2.05, 4.69) is 14.8 Å². The molecule has 0 amide bonds. The molecule has 2 aromatic rings. The van der Waals surface area contributed by atoms with Gasteiger partial charge in [-0.05, 0) is 17.7 Å². The Morgan fingerprint density at radius 3 is 2.81 bits per heavy atom. The van der Waals surface area contributed by atoms with Gasteiger partial charge in [0.1, 0.15) is 12.1 Å². The van der Waals surface area contributed by atoms with Gasteiger partial charge in [0, 0.05) is 32.7 Å². The van der Waals surface area contributed by atoms with Crippen LogP contribution in [0.5, 0.6) is 0 Å². The lowest BCUT2D eigenvalue weighted by molar-refractivity contribution is 0.0320. The van der Waals surface area contributed by atoms with Gasteiger partial charge in [0.2, 0.25) is 5.89 Å². The predicted octanol–water partition coefficient (Wildman–Crippen LogP) is 1.85. The second-order valence-corrected chi connectivity index (χ2v) is 6.23.